The van der Waals surface area contributed by atoms with Crippen molar-refractivity contribution in [2.24, 2.45) is 11.3 Å². The lowest BCUT2D eigenvalue weighted by Crippen LogP contribution is -2.49. The van der Waals surface area contributed by atoms with Crippen molar-refractivity contribution in [1.82, 2.24) is 15.0 Å². The average molecular weight is 481 g/mol. The van der Waals surface area contributed by atoms with E-state index in [1.807, 2.05) is 26.0 Å². The molecule has 182 valence electrons. The lowest BCUT2D eigenvalue weighted by Gasteiger charge is -2.52. The Hall–Kier alpha value is -3.59. The number of hydrogen-bond acceptors (Lipinski definition) is 4. The first-order chi connectivity index (χ1) is 17.2. The van der Waals surface area contributed by atoms with E-state index in [1.54, 1.807) is 18.3 Å². The van der Waals surface area contributed by atoms with Gasteiger partial charge in [-0.05, 0) is 62.3 Å². The van der Waals surface area contributed by atoms with Crippen LogP contribution in [-0.2, 0) is 11.8 Å². The van der Waals surface area contributed by atoms with Gasteiger partial charge < -0.3 is 5.11 Å². The maximum atomic E-state index is 15.1. The van der Waals surface area contributed by atoms with Crippen LogP contribution >= 0.6 is 0 Å². The molecule has 1 aromatic carbocycles. The highest BCUT2D eigenvalue weighted by molar-refractivity contribution is 5.70. The monoisotopic (exact) mass is 480 g/mol. The average Bonchev–Trinajstić information content (AvgIpc) is 3.72. The molecular weight excluding hydrogens is 451 g/mol. The molecule has 3 aromatic rings. The smallest absolute Gasteiger partial charge is 0.203 e. The Morgan fingerprint density at radius 1 is 1.08 bits per heavy atom. The number of nitrogens with zero attached hydrogens (tertiary/aromatic N) is 4. The summed E-state index contributed by atoms with van der Waals surface area (Å²) in [4.78, 5) is 18.4. The third kappa shape index (κ3) is 3.37. The predicted octanol–water partition coefficient (Wildman–Crippen LogP) is 7.16. The molecule has 0 bridgehead atoms. The van der Waals surface area contributed by atoms with Crippen molar-refractivity contribution in [2.45, 2.75) is 64.2 Å². The van der Waals surface area contributed by atoms with Gasteiger partial charge in [0.15, 0.2) is 5.82 Å². The molecule has 6 rings (SSSR count). The van der Waals surface area contributed by atoms with Crippen LogP contribution < -0.4 is 0 Å². The molecule has 3 aliphatic carbocycles. The van der Waals surface area contributed by atoms with Crippen LogP contribution in [0.5, 0.6) is 0 Å². The van der Waals surface area contributed by atoms with Crippen LogP contribution in [-0.4, -0.2) is 20.1 Å². The van der Waals surface area contributed by atoms with Crippen molar-refractivity contribution in [2.75, 3.05) is 0 Å². The zero-order chi connectivity index (χ0) is 25.2. The van der Waals surface area contributed by atoms with E-state index in [4.69, 9.17) is 16.5 Å². The van der Waals surface area contributed by atoms with Crippen molar-refractivity contribution in [3.8, 4) is 22.6 Å². The fraction of sp³-hybridized carbons (Fsp3) is 0.400. The minimum absolute atomic E-state index is 0.0821. The second-order valence-corrected chi connectivity index (χ2v) is 11.3. The molecule has 0 unspecified atom stereocenters. The van der Waals surface area contributed by atoms with Crippen molar-refractivity contribution in [1.29, 1.82) is 0 Å². The molecule has 0 radical (unpaired) electrons. The van der Waals surface area contributed by atoms with E-state index >= 15 is 4.39 Å². The molecule has 2 atom stereocenters. The van der Waals surface area contributed by atoms with Gasteiger partial charge >= 0.3 is 0 Å². The van der Waals surface area contributed by atoms with Crippen molar-refractivity contribution in [3.05, 3.63) is 88.2 Å². The Morgan fingerprint density at radius 3 is 2.58 bits per heavy atom. The van der Waals surface area contributed by atoms with Crippen LogP contribution in [0.3, 0.4) is 0 Å². The highest BCUT2D eigenvalue weighted by Crippen LogP contribution is 2.59. The maximum absolute atomic E-state index is 15.1. The number of aliphatic hydroxyl groups excluding tert-OH is 1. The molecule has 3 aliphatic rings. The normalized spacial score (nSPS) is 24.6. The first-order valence-electron chi connectivity index (χ1n) is 12.7. The Bertz CT molecular complexity index is 1470. The molecule has 1 saturated carbocycles. The second kappa shape index (κ2) is 7.96. The van der Waals surface area contributed by atoms with E-state index in [9.17, 15) is 5.11 Å². The number of hydrogen-bond donors (Lipinski definition) is 1. The van der Waals surface area contributed by atoms with E-state index < -0.39 is 10.8 Å². The second-order valence-electron chi connectivity index (χ2n) is 11.3. The summed E-state index contributed by atoms with van der Waals surface area (Å²) in [6.45, 7) is 13.9. The molecule has 36 heavy (non-hydrogen) atoms. The van der Waals surface area contributed by atoms with Crippen LogP contribution in [0.1, 0.15) is 69.3 Å². The summed E-state index contributed by atoms with van der Waals surface area (Å²) in [6.07, 6.45) is 5.99. The summed E-state index contributed by atoms with van der Waals surface area (Å²) in [5.41, 5.74) is 4.15. The number of halogens is 1. The predicted molar refractivity (Wildman–Crippen MR) is 136 cm³/mol. The number of aromatic nitrogens is 3. The van der Waals surface area contributed by atoms with E-state index in [0.717, 1.165) is 41.8 Å². The number of aliphatic hydroxyl groups is 1. The quantitative estimate of drug-likeness (QED) is 0.404. The highest BCUT2D eigenvalue weighted by Gasteiger charge is 2.55. The van der Waals surface area contributed by atoms with Crippen LogP contribution in [0.4, 0.5) is 4.39 Å². The van der Waals surface area contributed by atoms with Crippen LogP contribution in [0.25, 0.3) is 27.5 Å². The molecule has 6 heteroatoms. The van der Waals surface area contributed by atoms with Gasteiger partial charge in [0.25, 0.3) is 0 Å². The molecule has 0 amide bonds. The number of benzene rings is 1. The first kappa shape index (κ1) is 22.8. The van der Waals surface area contributed by atoms with E-state index in [2.05, 4.69) is 22.8 Å². The molecule has 2 heterocycles. The summed E-state index contributed by atoms with van der Waals surface area (Å²) < 4.78 is 15.1. The lowest BCUT2D eigenvalue weighted by molar-refractivity contribution is 0.0625. The van der Waals surface area contributed by atoms with Gasteiger partial charge in [0.05, 0.1) is 18.0 Å². The molecular formula is C30H29FN4O. The summed E-state index contributed by atoms with van der Waals surface area (Å²) in [6, 6.07) is 10.8. The first-order valence-corrected chi connectivity index (χ1v) is 12.7. The van der Waals surface area contributed by atoms with Crippen LogP contribution in [0, 0.1) is 23.7 Å². The minimum Gasteiger partial charge on any atom is -0.523 e. The number of fused-ring (bicyclic) bond motifs is 3. The van der Waals surface area contributed by atoms with Crippen molar-refractivity contribution in [3.63, 3.8) is 0 Å². The third-order valence-corrected chi connectivity index (χ3v) is 8.59. The molecule has 1 fully saturated rings. The molecule has 5 nitrogen and oxygen atoms in total. The number of pyridine rings is 1. The molecule has 1 N–H and O–H groups in total. The summed E-state index contributed by atoms with van der Waals surface area (Å²) >= 11 is 0. The van der Waals surface area contributed by atoms with Gasteiger partial charge in [-0.2, -0.15) is 0 Å². The van der Waals surface area contributed by atoms with Gasteiger partial charge in [-0.1, -0.05) is 32.9 Å². The Balaban J connectivity index is 1.62. The van der Waals surface area contributed by atoms with Gasteiger partial charge in [-0.3, -0.25) is 4.98 Å². The number of rotatable bonds is 3. The molecule has 0 aliphatic heterocycles. The SMILES string of the molecule is [C-]#[N+]C1=C(O)C(C)(C)[C@H]2CCc3c(-c4ccccc4F)nc(-c4ccnc(C5CC5)c4)nc3[C@]2(C)C1. The maximum Gasteiger partial charge on any atom is 0.203 e. The van der Waals surface area contributed by atoms with Crippen molar-refractivity contribution >= 4 is 0 Å². The summed E-state index contributed by atoms with van der Waals surface area (Å²) in [7, 11) is 0. The Morgan fingerprint density at radius 2 is 1.86 bits per heavy atom. The molecule has 0 saturated heterocycles. The molecule has 2 aromatic heterocycles. The fourth-order valence-electron chi connectivity index (χ4n) is 6.59. The van der Waals surface area contributed by atoms with Gasteiger partial charge in [-0.15, -0.1) is 0 Å². The van der Waals surface area contributed by atoms with Crippen LogP contribution in [0.2, 0.25) is 0 Å². The van der Waals surface area contributed by atoms with Crippen LogP contribution in [0.15, 0.2) is 54.1 Å². The minimum atomic E-state index is -0.566. The van der Waals surface area contributed by atoms with Gasteiger partial charge in [-0.25, -0.2) is 19.2 Å². The standard InChI is InChI=1S/C30H29FN4O/c1-29(2)24-12-11-20-25(19-7-5-6-8-21(19)31)34-28(18-13-14-33-22(15-18)17-9-10-17)35-26(20)30(24,3)16-23(32-4)27(29)36/h5-8,13-15,17,24,36H,9-12,16H2,1-3H3/t24-,30-/m1/s1. The summed E-state index contributed by atoms with van der Waals surface area (Å²) in [5, 5.41) is 11.0. The van der Waals surface area contributed by atoms with Crippen molar-refractivity contribution < 1.29 is 9.50 Å². The Kier molecular flexibility index (Phi) is 5.05. The number of allylic oxidation sites excluding steroid dienone is 2. The van der Waals surface area contributed by atoms with E-state index in [0.29, 0.717) is 41.5 Å². The van der Waals surface area contributed by atoms with Gasteiger partial charge in [0, 0.05) is 45.3 Å². The van der Waals surface area contributed by atoms with Gasteiger partial charge in [0.1, 0.15) is 11.6 Å². The topological polar surface area (TPSA) is 63.3 Å². The molecule has 0 spiro atoms. The van der Waals surface area contributed by atoms with Gasteiger partial charge in [0.2, 0.25) is 5.70 Å². The lowest BCUT2D eigenvalue weighted by atomic mass is 9.52. The zero-order valence-electron chi connectivity index (χ0n) is 20.8. The third-order valence-electron chi connectivity index (χ3n) is 8.59. The summed E-state index contributed by atoms with van der Waals surface area (Å²) in [5.74, 6) is 1.01. The largest absolute Gasteiger partial charge is 0.523 e. The zero-order valence-corrected chi connectivity index (χ0v) is 20.8. The Labute approximate surface area is 211 Å². The fourth-order valence-corrected chi connectivity index (χ4v) is 6.59. The van der Waals surface area contributed by atoms with E-state index in [1.165, 1.54) is 6.07 Å². The highest BCUT2D eigenvalue weighted by atomic mass is 19.1. The van der Waals surface area contributed by atoms with E-state index in [-0.39, 0.29) is 17.5 Å².